The Kier molecular flexibility index (Phi) is 2.36. The number of quaternary nitrogens is 1. The van der Waals surface area contributed by atoms with Gasteiger partial charge in [0.25, 0.3) is 11.4 Å². The number of nitrogens with zero attached hydrogens (tertiary/aromatic N) is 1. The molecule has 3 N–H and O–H groups in total. The summed E-state index contributed by atoms with van der Waals surface area (Å²) in [6, 6.07) is 0. The van der Waals surface area contributed by atoms with Gasteiger partial charge in [0.2, 0.25) is 0 Å². The van der Waals surface area contributed by atoms with Crippen molar-refractivity contribution in [1.82, 2.24) is 0 Å². The minimum atomic E-state index is -0.512. The predicted octanol–water partition coefficient (Wildman–Crippen LogP) is -0.733. The van der Waals surface area contributed by atoms with Crippen LogP contribution in [0.3, 0.4) is 0 Å². The molecule has 0 saturated heterocycles. The van der Waals surface area contributed by atoms with Crippen LogP contribution in [0.2, 0.25) is 0 Å². The highest BCUT2D eigenvalue weighted by atomic mass is 32.1. The lowest BCUT2D eigenvalue weighted by Crippen LogP contribution is -3.22. The molecule has 0 aromatic heterocycles. The van der Waals surface area contributed by atoms with Crippen molar-refractivity contribution in [2.45, 2.75) is 38.9 Å². The molecule has 0 aromatic carbocycles. The largest absolute Gasteiger partial charge is 0.619 e. The molecule has 0 aromatic rings. The van der Waals surface area contributed by atoms with Gasteiger partial charge in [-0.3, -0.25) is 4.90 Å². The Bertz CT molecular complexity index is 320. The molecule has 1 atom stereocenters. The van der Waals surface area contributed by atoms with E-state index >= 15 is 0 Å². The maximum atomic E-state index is 12.0. The molecule has 0 fully saturated rings. The average Bonchev–Trinajstić information content (AvgIpc) is 2.10. The Balaban J connectivity index is 3.37. The van der Waals surface area contributed by atoms with Gasteiger partial charge in [-0.2, -0.15) is 0 Å². The summed E-state index contributed by atoms with van der Waals surface area (Å²) < 4.78 is 0.949. The molecule has 0 aliphatic carbocycles. The third-order valence-corrected chi connectivity index (χ3v) is 3.58. The molecule has 0 saturated carbocycles. The first-order valence-electron chi connectivity index (χ1n) is 4.62. The molecule has 0 spiro atoms. The maximum absolute atomic E-state index is 12.0. The van der Waals surface area contributed by atoms with Gasteiger partial charge in [-0.15, -0.1) is 4.74 Å². The first-order chi connectivity index (χ1) is 6.13. The van der Waals surface area contributed by atoms with E-state index in [4.69, 9.17) is 18.0 Å². The molecule has 4 nitrogen and oxygen atoms in total. The highest BCUT2D eigenvalue weighted by molar-refractivity contribution is 7.82. The van der Waals surface area contributed by atoms with Gasteiger partial charge in [0, 0.05) is 13.8 Å². The molecule has 1 aliphatic rings. The molecular weight excluding hydrogens is 198 g/mol. The number of hydrogen-bond donors (Lipinski definition) is 2. The summed E-state index contributed by atoms with van der Waals surface area (Å²) in [6.07, 6.45) is 0. The number of nitrogens with two attached hydrogens (primary N) is 1. The number of nitrogens with one attached hydrogen (secondary N) is 1. The Morgan fingerprint density at radius 3 is 2.00 bits per heavy atom. The zero-order valence-corrected chi connectivity index (χ0v) is 10.2. The van der Waals surface area contributed by atoms with Crippen LogP contribution in [0, 0.1) is 5.21 Å². The van der Waals surface area contributed by atoms with E-state index in [0.29, 0.717) is 5.71 Å². The molecule has 1 rings (SSSR count). The Morgan fingerprint density at radius 2 is 1.86 bits per heavy atom. The lowest BCUT2D eigenvalue weighted by atomic mass is 9.97. The van der Waals surface area contributed by atoms with Gasteiger partial charge in [-0.1, -0.05) is 12.2 Å². The summed E-state index contributed by atoms with van der Waals surface area (Å²) in [5.41, 5.74) is 5.28. The molecule has 1 unspecified atom stereocenters. The molecule has 0 radical (unpaired) electrons. The fourth-order valence-electron chi connectivity index (χ4n) is 2.04. The number of thiocarbonyl (C=S) groups is 1. The van der Waals surface area contributed by atoms with E-state index in [1.165, 1.54) is 0 Å². The van der Waals surface area contributed by atoms with Crippen molar-refractivity contribution in [3.05, 3.63) is 5.21 Å². The zero-order chi connectivity index (χ0) is 11.3. The molecule has 80 valence electrons. The molecule has 1 heterocycles. The van der Waals surface area contributed by atoms with Crippen LogP contribution < -0.4 is 10.6 Å². The number of rotatable bonds is 1. The fraction of sp³-hybridized carbons (Fsp3) is 0.778. The summed E-state index contributed by atoms with van der Waals surface area (Å²) >= 11 is 4.92. The van der Waals surface area contributed by atoms with Crippen LogP contribution in [0.4, 0.5) is 0 Å². The van der Waals surface area contributed by atoms with Crippen LogP contribution in [0.1, 0.15) is 27.7 Å². The third-order valence-electron chi connectivity index (χ3n) is 3.39. The molecule has 0 amide bonds. The molecule has 0 bridgehead atoms. The second-order valence-electron chi connectivity index (χ2n) is 4.82. The number of hydroxylamine groups is 1. The summed E-state index contributed by atoms with van der Waals surface area (Å²) in [6.45, 7) is 7.75. The van der Waals surface area contributed by atoms with Gasteiger partial charge >= 0.3 is 0 Å². The van der Waals surface area contributed by atoms with Gasteiger partial charge in [-0.25, -0.2) is 0 Å². The van der Waals surface area contributed by atoms with Gasteiger partial charge in [0.15, 0.2) is 10.5 Å². The van der Waals surface area contributed by atoms with Crippen molar-refractivity contribution in [1.29, 1.82) is 0 Å². The van der Waals surface area contributed by atoms with E-state index in [1.54, 1.807) is 0 Å². The summed E-state index contributed by atoms with van der Waals surface area (Å²) in [5, 5.41) is 12.0. The van der Waals surface area contributed by atoms with E-state index in [-0.39, 0.29) is 10.5 Å². The van der Waals surface area contributed by atoms with Crippen LogP contribution in [0.25, 0.3) is 0 Å². The van der Waals surface area contributed by atoms with Crippen LogP contribution in [-0.4, -0.2) is 33.7 Å². The minimum absolute atomic E-state index is 0.204. The normalized spacial score (nSPS) is 29.4. The van der Waals surface area contributed by atoms with Gasteiger partial charge in [0.1, 0.15) is 0 Å². The first kappa shape index (κ1) is 11.4. The Labute approximate surface area is 90.0 Å². The summed E-state index contributed by atoms with van der Waals surface area (Å²) in [7, 11) is 1.98. The van der Waals surface area contributed by atoms with Gasteiger partial charge in [0.05, 0.1) is 20.9 Å². The van der Waals surface area contributed by atoms with E-state index in [0.717, 1.165) is 9.64 Å². The third kappa shape index (κ3) is 1.23. The van der Waals surface area contributed by atoms with Crippen molar-refractivity contribution < 1.29 is 9.64 Å². The SMILES string of the molecule is C[NH+]1C(C)(C)C(C(N)=S)=[N+]([O-])C1(C)C. The quantitative estimate of drug-likeness (QED) is 0.345. The lowest BCUT2D eigenvalue weighted by Gasteiger charge is -2.29. The lowest BCUT2D eigenvalue weighted by molar-refractivity contribution is -1.02. The molecule has 1 aliphatic heterocycles. The topological polar surface area (TPSA) is 56.5 Å². The van der Waals surface area contributed by atoms with Gasteiger partial charge < -0.3 is 10.9 Å². The second kappa shape index (κ2) is 2.90. The van der Waals surface area contributed by atoms with E-state index in [9.17, 15) is 5.21 Å². The summed E-state index contributed by atoms with van der Waals surface area (Å²) in [4.78, 5) is 1.30. The molecular formula is C9H18N3OS+. The van der Waals surface area contributed by atoms with Crippen LogP contribution in [-0.2, 0) is 0 Å². The second-order valence-corrected chi connectivity index (χ2v) is 5.26. The standard InChI is InChI=1S/C9H17N3OS/c1-8(2)6(7(10)14)12(13)9(3,4)11(8)5/h1-5H3,(H2,10,14)/p+1. The Morgan fingerprint density at radius 1 is 1.43 bits per heavy atom. The van der Waals surface area contributed by atoms with Crippen molar-refractivity contribution in [2.24, 2.45) is 5.73 Å². The fourth-order valence-corrected chi connectivity index (χ4v) is 2.37. The number of hydrogen-bond acceptors (Lipinski definition) is 2. The van der Waals surface area contributed by atoms with E-state index < -0.39 is 5.66 Å². The predicted molar refractivity (Wildman–Crippen MR) is 60.5 cm³/mol. The average molecular weight is 216 g/mol. The van der Waals surface area contributed by atoms with Crippen molar-refractivity contribution in [3.63, 3.8) is 0 Å². The monoisotopic (exact) mass is 216 g/mol. The maximum Gasteiger partial charge on any atom is 0.292 e. The van der Waals surface area contributed by atoms with Crippen molar-refractivity contribution in [2.75, 3.05) is 7.05 Å². The smallest absolute Gasteiger partial charge is 0.292 e. The minimum Gasteiger partial charge on any atom is -0.619 e. The highest BCUT2D eigenvalue weighted by Gasteiger charge is 2.59. The van der Waals surface area contributed by atoms with Crippen LogP contribution >= 0.6 is 12.2 Å². The van der Waals surface area contributed by atoms with Crippen LogP contribution in [0.5, 0.6) is 0 Å². The van der Waals surface area contributed by atoms with Crippen molar-refractivity contribution in [3.8, 4) is 0 Å². The Hall–Kier alpha value is -0.680. The van der Waals surface area contributed by atoms with Crippen molar-refractivity contribution >= 4 is 22.9 Å². The summed E-state index contributed by atoms with van der Waals surface area (Å²) in [5.74, 6) is 0. The first-order valence-corrected chi connectivity index (χ1v) is 5.03. The van der Waals surface area contributed by atoms with E-state index in [1.807, 2.05) is 34.7 Å². The highest BCUT2D eigenvalue weighted by Crippen LogP contribution is 2.16. The van der Waals surface area contributed by atoms with Crippen LogP contribution in [0.15, 0.2) is 0 Å². The molecule has 5 heteroatoms. The van der Waals surface area contributed by atoms with E-state index in [2.05, 4.69) is 0 Å². The zero-order valence-electron chi connectivity index (χ0n) is 9.34. The van der Waals surface area contributed by atoms with Gasteiger partial charge in [-0.05, 0) is 0 Å². The molecule has 14 heavy (non-hydrogen) atoms.